The Morgan fingerprint density at radius 1 is 1.04 bits per heavy atom. The van der Waals surface area contributed by atoms with E-state index in [1.807, 2.05) is 26.8 Å². The molecule has 57 heavy (non-hydrogen) atoms. The molecule has 0 aliphatic carbocycles. The fourth-order valence-corrected chi connectivity index (χ4v) is 8.60. The summed E-state index contributed by atoms with van der Waals surface area (Å²) in [5, 5.41) is 26.3. The number of rotatable bonds is 20. The Morgan fingerprint density at radius 3 is 2.32 bits per heavy atom. The van der Waals surface area contributed by atoms with Crippen LogP contribution in [-0.2, 0) is 50.7 Å². The van der Waals surface area contributed by atoms with Crippen molar-refractivity contribution in [1.29, 1.82) is 0 Å². The van der Waals surface area contributed by atoms with Crippen molar-refractivity contribution in [1.82, 2.24) is 30.2 Å². The Bertz CT molecular complexity index is 1940. The van der Waals surface area contributed by atoms with E-state index in [4.69, 9.17) is 19.5 Å². The molecule has 322 valence electrons. The van der Waals surface area contributed by atoms with Crippen LogP contribution in [0, 0.1) is 10.8 Å². The number of thioether (sulfide) groups is 1. The molecule has 2 aromatic heterocycles. The number of aliphatic hydroxyl groups is 2. The van der Waals surface area contributed by atoms with Gasteiger partial charge < -0.3 is 50.9 Å². The van der Waals surface area contributed by atoms with Gasteiger partial charge in [0.25, 0.3) is 0 Å². The molecular weight excluding hydrogens is 843 g/mol. The lowest BCUT2D eigenvalue weighted by molar-refractivity contribution is -0.137. The summed E-state index contributed by atoms with van der Waals surface area (Å²) < 4.78 is 62.1. The molecule has 3 rings (SSSR count). The number of anilines is 1. The molecule has 2 amide bonds. The predicted octanol–water partition coefficient (Wildman–Crippen LogP) is 0.657. The van der Waals surface area contributed by atoms with Crippen molar-refractivity contribution in [2.75, 3.05) is 37.8 Å². The molecule has 1 fully saturated rings. The number of phosphoric ester groups is 3. The number of phosphoric acid groups is 3. The number of fused-ring (bicyclic) bond motifs is 1. The Balaban J connectivity index is 1.49. The number of nitrogens with two attached hydrogens (primary N) is 1. The lowest BCUT2D eigenvalue weighted by Crippen LogP contribution is -2.46. The van der Waals surface area contributed by atoms with E-state index in [0.29, 0.717) is 11.3 Å². The molecule has 2 unspecified atom stereocenters. The standard InChI is InChI=1S/C29H48N7O17P3S/c1-16(11-28(2,3)4)27(41)57-10-9-31-18(37)7-8-32-25(40)22(39)29(5,6)13-50-56(47,48)53-55(45,46)49-12-17-21(52-54(42,43)44)20(38)26(51-17)36-15-35-19-23(30)33-14-34-24(19)36/h11,14-15,17,20-22,26,38-39H,7-10,12-13H2,1-6H3,(H,31,37)(H,32,40)(H,45,46)(H,47,48)(H2,30,33,34)(H2,42,43,44)/b16-11+/t17-,20-,21-,22+,26-/m1/s1. The van der Waals surface area contributed by atoms with Crippen molar-refractivity contribution in [2.24, 2.45) is 10.8 Å². The Kier molecular flexibility index (Phi) is 16.7. The van der Waals surface area contributed by atoms with Crippen molar-refractivity contribution < 1.29 is 80.5 Å². The summed E-state index contributed by atoms with van der Waals surface area (Å²) in [6.07, 6.45) is -5.07. The van der Waals surface area contributed by atoms with E-state index in [9.17, 15) is 57.9 Å². The van der Waals surface area contributed by atoms with Gasteiger partial charge in [-0.2, -0.15) is 4.31 Å². The van der Waals surface area contributed by atoms with Gasteiger partial charge in [0.05, 0.1) is 19.5 Å². The van der Waals surface area contributed by atoms with E-state index < -0.39 is 84.6 Å². The highest BCUT2D eigenvalue weighted by Gasteiger charge is 2.50. The third-order valence-electron chi connectivity index (χ3n) is 7.71. The average molecular weight is 892 g/mol. The molecule has 2 aromatic rings. The van der Waals surface area contributed by atoms with Crippen LogP contribution in [0.15, 0.2) is 24.3 Å². The second-order valence-electron chi connectivity index (χ2n) is 14.4. The molecule has 24 nitrogen and oxygen atoms in total. The van der Waals surface area contributed by atoms with Crippen LogP contribution in [0.5, 0.6) is 0 Å². The average Bonchev–Trinajstić information content (AvgIpc) is 3.63. The molecule has 1 saturated heterocycles. The number of ether oxygens (including phenoxy) is 1. The highest BCUT2D eigenvalue weighted by atomic mass is 32.2. The number of aromatic nitrogens is 4. The van der Waals surface area contributed by atoms with E-state index in [0.717, 1.165) is 29.0 Å². The maximum Gasteiger partial charge on any atom is 0.481 e. The van der Waals surface area contributed by atoms with Crippen LogP contribution in [0.25, 0.3) is 11.2 Å². The summed E-state index contributed by atoms with van der Waals surface area (Å²) in [5.74, 6) is -1.14. The van der Waals surface area contributed by atoms with Crippen LogP contribution in [-0.4, -0.2) is 123 Å². The van der Waals surface area contributed by atoms with Gasteiger partial charge in [-0.15, -0.1) is 0 Å². The first-order chi connectivity index (χ1) is 26.1. The number of aliphatic hydroxyl groups excluding tert-OH is 2. The molecule has 0 bridgehead atoms. The van der Waals surface area contributed by atoms with Gasteiger partial charge in [-0.25, -0.2) is 28.6 Å². The van der Waals surface area contributed by atoms with Crippen LogP contribution in [0.2, 0.25) is 0 Å². The van der Waals surface area contributed by atoms with Gasteiger partial charge in [0.2, 0.25) is 16.9 Å². The minimum absolute atomic E-state index is 0.0298. The second kappa shape index (κ2) is 19.6. The van der Waals surface area contributed by atoms with Crippen LogP contribution < -0.4 is 16.4 Å². The van der Waals surface area contributed by atoms with E-state index in [-0.39, 0.29) is 47.0 Å². The first-order valence-corrected chi connectivity index (χ1v) is 22.4. The third-order valence-corrected chi connectivity index (χ3v) is 11.8. The Labute approximate surface area is 330 Å². The zero-order valence-electron chi connectivity index (χ0n) is 31.7. The molecule has 0 radical (unpaired) electrons. The van der Waals surface area contributed by atoms with Gasteiger partial charge >= 0.3 is 23.5 Å². The molecule has 7 atom stereocenters. The summed E-state index contributed by atoms with van der Waals surface area (Å²) in [6, 6.07) is 0. The number of carbonyl (C=O) groups excluding carboxylic acids is 3. The van der Waals surface area contributed by atoms with Gasteiger partial charge in [-0.3, -0.25) is 32.5 Å². The van der Waals surface area contributed by atoms with Gasteiger partial charge in [0.1, 0.15) is 36.3 Å². The number of imidazole rings is 1. The summed E-state index contributed by atoms with van der Waals surface area (Å²) in [5.41, 5.74) is 4.70. The van der Waals surface area contributed by atoms with Crippen molar-refractivity contribution in [3.63, 3.8) is 0 Å². The van der Waals surface area contributed by atoms with Crippen LogP contribution >= 0.6 is 35.2 Å². The molecule has 3 heterocycles. The quantitative estimate of drug-likeness (QED) is 0.0501. The number of hydrogen-bond acceptors (Lipinski definition) is 18. The first-order valence-electron chi connectivity index (χ1n) is 16.9. The van der Waals surface area contributed by atoms with Crippen molar-refractivity contribution in [3.05, 3.63) is 24.3 Å². The lowest BCUT2D eigenvalue weighted by Gasteiger charge is -2.30. The summed E-state index contributed by atoms with van der Waals surface area (Å²) >= 11 is 1.05. The maximum atomic E-state index is 12.7. The Hall–Kier alpha value is -2.70. The summed E-state index contributed by atoms with van der Waals surface area (Å²) in [7, 11) is -16.4. The first kappa shape index (κ1) is 48.7. The zero-order chi connectivity index (χ0) is 43.1. The normalized spacial score (nSPS) is 22.1. The number of carbonyl (C=O) groups is 3. The summed E-state index contributed by atoms with van der Waals surface area (Å²) in [4.78, 5) is 87.9. The van der Waals surface area contributed by atoms with Crippen LogP contribution in [0.3, 0.4) is 0 Å². The van der Waals surface area contributed by atoms with Crippen molar-refractivity contribution in [2.45, 2.75) is 78.6 Å². The number of allylic oxidation sites excluding steroid dienone is 1. The highest BCUT2D eigenvalue weighted by Crippen LogP contribution is 2.61. The van der Waals surface area contributed by atoms with Gasteiger partial charge in [-0.1, -0.05) is 52.5 Å². The summed E-state index contributed by atoms with van der Waals surface area (Å²) in [6.45, 7) is 8.09. The topological polar surface area (TPSA) is 364 Å². The van der Waals surface area contributed by atoms with Crippen LogP contribution in [0.1, 0.15) is 54.2 Å². The molecule has 1 aliphatic heterocycles. The van der Waals surface area contributed by atoms with E-state index >= 15 is 0 Å². The third kappa shape index (κ3) is 15.1. The highest BCUT2D eigenvalue weighted by molar-refractivity contribution is 8.14. The molecule has 0 aromatic carbocycles. The fraction of sp³-hybridized carbons (Fsp3) is 0.655. The number of nitrogen functional groups attached to an aromatic ring is 1. The molecule has 0 saturated carbocycles. The molecule has 1 aliphatic rings. The second-order valence-corrected chi connectivity index (χ2v) is 19.7. The maximum absolute atomic E-state index is 12.7. The number of hydrogen-bond donors (Lipinski definition) is 9. The van der Waals surface area contributed by atoms with Crippen molar-refractivity contribution >= 4 is 69.1 Å². The van der Waals surface area contributed by atoms with Gasteiger partial charge in [0.15, 0.2) is 17.7 Å². The van der Waals surface area contributed by atoms with Gasteiger partial charge in [-0.05, 0) is 17.9 Å². The SMILES string of the molecule is C/C(=C\C(C)(C)C)C(=O)SCCNC(=O)CCNC(=O)[C@H](O)C(C)(C)COP(=O)(O)OP(=O)(O)OC[C@H]1O[C@@H](n2cnc3c(N)ncnc32)[C@H](O)[C@@H]1OP(=O)(O)O. The van der Waals surface area contributed by atoms with E-state index in [1.54, 1.807) is 6.92 Å². The smallest absolute Gasteiger partial charge is 0.386 e. The number of amides is 2. The van der Waals surface area contributed by atoms with Crippen molar-refractivity contribution in [3.8, 4) is 0 Å². The molecule has 10 N–H and O–H groups in total. The minimum Gasteiger partial charge on any atom is -0.386 e. The minimum atomic E-state index is -5.57. The fourth-order valence-electron chi connectivity index (χ4n) is 5.10. The lowest BCUT2D eigenvalue weighted by atomic mass is 9.87. The largest absolute Gasteiger partial charge is 0.481 e. The van der Waals surface area contributed by atoms with E-state index in [2.05, 4.69) is 34.4 Å². The molecule has 28 heteroatoms. The zero-order valence-corrected chi connectivity index (χ0v) is 35.2. The molecule has 0 spiro atoms. The van der Waals surface area contributed by atoms with Crippen LogP contribution in [0.4, 0.5) is 5.82 Å². The van der Waals surface area contributed by atoms with E-state index in [1.165, 1.54) is 13.8 Å². The molecular formula is C29H48N7O17P3S. The Morgan fingerprint density at radius 2 is 1.68 bits per heavy atom. The monoisotopic (exact) mass is 891 g/mol. The number of nitrogens with zero attached hydrogens (tertiary/aromatic N) is 4. The predicted molar refractivity (Wildman–Crippen MR) is 200 cm³/mol. The van der Waals surface area contributed by atoms with Gasteiger partial charge in [0, 0.05) is 30.7 Å². The number of nitrogens with one attached hydrogen (secondary N) is 2.